The molecule has 29 heavy (non-hydrogen) atoms. The first-order valence-corrected chi connectivity index (χ1v) is 10.5. The van der Waals surface area contributed by atoms with E-state index in [2.05, 4.69) is 4.98 Å². The maximum absolute atomic E-state index is 13.0. The molecule has 6 heteroatoms. The van der Waals surface area contributed by atoms with Gasteiger partial charge in [-0.15, -0.1) is 0 Å². The van der Waals surface area contributed by atoms with Crippen molar-refractivity contribution >= 4 is 17.5 Å². The van der Waals surface area contributed by atoms with Gasteiger partial charge in [-0.1, -0.05) is 11.6 Å². The molecule has 1 aromatic heterocycles. The van der Waals surface area contributed by atoms with E-state index in [1.807, 2.05) is 43.9 Å². The van der Waals surface area contributed by atoms with Gasteiger partial charge in [0.15, 0.2) is 0 Å². The van der Waals surface area contributed by atoms with Gasteiger partial charge >= 0.3 is 0 Å². The lowest BCUT2D eigenvalue weighted by Crippen LogP contribution is -2.42. The molecule has 1 saturated carbocycles. The molecule has 5 nitrogen and oxygen atoms in total. The van der Waals surface area contributed by atoms with Crippen LogP contribution >= 0.6 is 11.6 Å². The van der Waals surface area contributed by atoms with E-state index in [1.165, 1.54) is 0 Å². The number of hydrogen-bond donors (Lipinski definition) is 1. The zero-order chi connectivity index (χ0) is 20.7. The highest BCUT2D eigenvalue weighted by Crippen LogP contribution is 2.39. The Kier molecular flexibility index (Phi) is 5.54. The van der Waals surface area contributed by atoms with Gasteiger partial charge in [-0.2, -0.15) is 0 Å². The number of likely N-dealkylation sites (tertiary alicyclic amines) is 1. The molecule has 2 aromatic rings. The van der Waals surface area contributed by atoms with Crippen LogP contribution in [0.3, 0.4) is 0 Å². The van der Waals surface area contributed by atoms with E-state index in [1.54, 1.807) is 12.1 Å². The van der Waals surface area contributed by atoms with Crippen LogP contribution in [0, 0.1) is 32.6 Å². The number of fused-ring (bicyclic) bond motifs is 1. The fourth-order valence-corrected chi connectivity index (χ4v) is 4.72. The number of amides is 1. The summed E-state index contributed by atoms with van der Waals surface area (Å²) in [6, 6.07) is 9.25. The Labute approximate surface area is 176 Å². The fraction of sp³-hybridized carbons (Fsp3) is 0.478. The van der Waals surface area contributed by atoms with Gasteiger partial charge in [-0.25, -0.2) is 0 Å². The molecular weight excluding hydrogens is 388 g/mol. The minimum Gasteiger partial charge on any atom is -0.486 e. The van der Waals surface area contributed by atoms with Crippen molar-refractivity contribution in [2.45, 2.75) is 45.8 Å². The first-order valence-electron chi connectivity index (χ1n) is 10.2. The minimum atomic E-state index is -0.537. The van der Waals surface area contributed by atoms with Crippen LogP contribution < -0.4 is 4.74 Å². The Morgan fingerprint density at radius 3 is 2.55 bits per heavy atom. The van der Waals surface area contributed by atoms with E-state index < -0.39 is 6.10 Å². The largest absolute Gasteiger partial charge is 0.486 e. The van der Waals surface area contributed by atoms with Crippen LogP contribution in [-0.2, 0) is 0 Å². The van der Waals surface area contributed by atoms with E-state index in [-0.39, 0.29) is 12.0 Å². The Bertz CT molecular complexity index is 932. The van der Waals surface area contributed by atoms with Crippen molar-refractivity contribution < 1.29 is 14.6 Å². The summed E-state index contributed by atoms with van der Waals surface area (Å²) in [5.41, 5.74) is 3.35. The summed E-state index contributed by atoms with van der Waals surface area (Å²) in [6.45, 7) is 7.15. The molecule has 154 valence electrons. The van der Waals surface area contributed by atoms with Crippen molar-refractivity contribution in [2.75, 3.05) is 13.1 Å². The number of aromatic nitrogens is 1. The molecule has 1 aromatic carbocycles. The van der Waals surface area contributed by atoms with E-state index >= 15 is 0 Å². The molecule has 0 spiro atoms. The average Bonchev–Trinajstić information content (AvgIpc) is 3.08. The van der Waals surface area contributed by atoms with Crippen molar-refractivity contribution in [3.63, 3.8) is 0 Å². The second-order valence-electron chi connectivity index (χ2n) is 8.43. The zero-order valence-electron chi connectivity index (χ0n) is 17.1. The average molecular weight is 415 g/mol. The Morgan fingerprint density at radius 1 is 1.14 bits per heavy atom. The first-order chi connectivity index (χ1) is 13.8. The molecule has 4 atom stereocenters. The van der Waals surface area contributed by atoms with Crippen molar-refractivity contribution in [1.82, 2.24) is 9.88 Å². The van der Waals surface area contributed by atoms with Gasteiger partial charge in [0.05, 0.1) is 11.8 Å². The number of pyridine rings is 1. The predicted molar refractivity (Wildman–Crippen MR) is 112 cm³/mol. The van der Waals surface area contributed by atoms with Crippen molar-refractivity contribution in [3.8, 4) is 5.75 Å². The second kappa shape index (κ2) is 7.96. The summed E-state index contributed by atoms with van der Waals surface area (Å²) in [6.07, 6.45) is 0.580. The van der Waals surface area contributed by atoms with Crippen LogP contribution in [0.4, 0.5) is 0 Å². The Balaban J connectivity index is 1.44. The highest BCUT2D eigenvalue weighted by molar-refractivity contribution is 6.31. The van der Waals surface area contributed by atoms with Gasteiger partial charge in [-0.3, -0.25) is 9.78 Å². The molecule has 2 fully saturated rings. The van der Waals surface area contributed by atoms with E-state index in [9.17, 15) is 9.90 Å². The molecule has 0 bridgehead atoms. The molecule has 2 aliphatic rings. The molecule has 1 aliphatic heterocycles. The van der Waals surface area contributed by atoms with Gasteiger partial charge in [0.25, 0.3) is 5.91 Å². The number of hydrogen-bond acceptors (Lipinski definition) is 4. The van der Waals surface area contributed by atoms with Crippen LogP contribution in [0.5, 0.6) is 5.75 Å². The topological polar surface area (TPSA) is 62.7 Å². The number of ether oxygens (including phenoxy) is 1. The van der Waals surface area contributed by atoms with Crippen LogP contribution in [0.1, 0.15) is 40.2 Å². The van der Waals surface area contributed by atoms with Gasteiger partial charge in [0, 0.05) is 29.4 Å². The Hall–Kier alpha value is -2.11. The first kappa shape index (κ1) is 20.2. The second-order valence-corrected chi connectivity index (χ2v) is 8.83. The Morgan fingerprint density at radius 2 is 1.86 bits per heavy atom. The number of aliphatic hydroxyl groups excluding tert-OH is 1. The van der Waals surface area contributed by atoms with Gasteiger partial charge in [0.2, 0.25) is 0 Å². The molecule has 2 heterocycles. The molecule has 0 radical (unpaired) electrons. The smallest absolute Gasteiger partial charge is 0.253 e. The lowest BCUT2D eigenvalue weighted by Gasteiger charge is -2.35. The van der Waals surface area contributed by atoms with Crippen molar-refractivity contribution in [2.24, 2.45) is 11.8 Å². The number of aliphatic hydroxyl groups is 1. The van der Waals surface area contributed by atoms with Crippen LogP contribution in [-0.4, -0.2) is 46.2 Å². The molecule has 1 saturated heterocycles. The number of carbonyl (C=O) groups excluding carboxylic acids is 1. The highest BCUT2D eigenvalue weighted by Gasteiger charge is 2.44. The third-order valence-electron chi connectivity index (χ3n) is 6.23. The van der Waals surface area contributed by atoms with Gasteiger partial charge < -0.3 is 14.7 Å². The molecule has 1 aliphatic carbocycles. The molecule has 1 N–H and O–H groups in total. The van der Waals surface area contributed by atoms with E-state index in [0.717, 1.165) is 29.1 Å². The zero-order valence-corrected chi connectivity index (χ0v) is 17.8. The summed E-state index contributed by atoms with van der Waals surface area (Å²) in [5, 5.41) is 11.3. The number of rotatable bonds is 3. The van der Waals surface area contributed by atoms with E-state index in [4.69, 9.17) is 16.3 Å². The van der Waals surface area contributed by atoms with Crippen molar-refractivity contribution in [3.05, 3.63) is 57.9 Å². The minimum absolute atomic E-state index is 0.0321. The fourth-order valence-electron chi connectivity index (χ4n) is 4.60. The van der Waals surface area contributed by atoms with Crippen molar-refractivity contribution in [1.29, 1.82) is 0 Å². The monoisotopic (exact) mass is 414 g/mol. The number of nitrogens with zero attached hydrogens (tertiary/aromatic N) is 2. The van der Waals surface area contributed by atoms with Gasteiger partial charge in [-0.05, 0) is 81.3 Å². The van der Waals surface area contributed by atoms with Crippen LogP contribution in [0.2, 0.25) is 5.02 Å². The lowest BCUT2D eigenvalue weighted by molar-refractivity contribution is -0.0236. The summed E-state index contributed by atoms with van der Waals surface area (Å²) in [5.74, 6) is 1.39. The summed E-state index contributed by atoms with van der Waals surface area (Å²) in [7, 11) is 0. The molecule has 4 rings (SSSR count). The number of aryl methyl sites for hydroxylation is 3. The summed E-state index contributed by atoms with van der Waals surface area (Å²) < 4.78 is 6.14. The van der Waals surface area contributed by atoms with Gasteiger partial charge in [0.1, 0.15) is 11.9 Å². The molecular formula is C23H27ClN2O3. The number of halogens is 1. The summed E-state index contributed by atoms with van der Waals surface area (Å²) >= 11 is 6.09. The predicted octanol–water partition coefficient (Wildman–Crippen LogP) is 3.95. The SMILES string of the molecule is Cc1ccc(O[C@@H]2C[C@@H]3CN(C(=O)c4ccc(Cl)c(C)c4)C[C@@H]3C[C@H]2O)c(C)n1. The van der Waals surface area contributed by atoms with Crippen LogP contribution in [0.25, 0.3) is 0 Å². The third-order valence-corrected chi connectivity index (χ3v) is 6.66. The lowest BCUT2D eigenvalue weighted by atomic mass is 9.78. The number of benzene rings is 1. The maximum Gasteiger partial charge on any atom is 0.253 e. The standard InChI is InChI=1S/C23H27ClN2O3/c1-13-8-16(5-6-19(13)24)23(28)26-11-17-9-20(27)22(10-18(17)12-26)29-21-7-4-14(2)25-15(21)3/h4-8,17-18,20,22,27H,9-12H2,1-3H3/t17-,18+,20+,22+/m0/s1. The van der Waals surface area contributed by atoms with Crippen LogP contribution in [0.15, 0.2) is 30.3 Å². The maximum atomic E-state index is 13.0. The molecule has 1 amide bonds. The third kappa shape index (κ3) is 4.12. The quantitative estimate of drug-likeness (QED) is 0.825. The summed E-state index contributed by atoms with van der Waals surface area (Å²) in [4.78, 5) is 19.3. The number of carbonyl (C=O) groups is 1. The highest BCUT2D eigenvalue weighted by atomic mass is 35.5. The molecule has 0 unspecified atom stereocenters. The van der Waals surface area contributed by atoms with E-state index in [0.29, 0.717) is 41.9 Å². The normalized spacial score (nSPS) is 26.3.